The summed E-state index contributed by atoms with van der Waals surface area (Å²) in [6.07, 6.45) is 0.264. The van der Waals surface area contributed by atoms with Crippen LogP contribution in [0, 0.1) is 0 Å². The number of hydrogen-bond acceptors (Lipinski definition) is 3. The molecule has 3 heteroatoms. The third-order valence-corrected chi connectivity index (χ3v) is 2.19. The number of ether oxygens (including phenoxy) is 3. The molecule has 1 aromatic rings. The lowest BCUT2D eigenvalue weighted by Gasteiger charge is -2.09. The summed E-state index contributed by atoms with van der Waals surface area (Å²) < 4.78 is 15.9. The van der Waals surface area contributed by atoms with E-state index in [4.69, 9.17) is 14.2 Å². The van der Waals surface area contributed by atoms with Crippen LogP contribution in [-0.4, -0.2) is 20.3 Å². The highest BCUT2D eigenvalue weighted by Gasteiger charge is 2.25. The highest BCUT2D eigenvalue weighted by Crippen LogP contribution is 2.36. The Labute approximate surface area is 83.6 Å². The fraction of sp³-hybridized carbons (Fsp3) is 0.455. The molecule has 1 aromatic carbocycles. The van der Waals surface area contributed by atoms with Crippen LogP contribution in [0.3, 0.4) is 0 Å². The molecule has 0 radical (unpaired) electrons. The molecule has 0 saturated carbocycles. The van der Waals surface area contributed by atoms with E-state index in [2.05, 4.69) is 0 Å². The van der Waals surface area contributed by atoms with Gasteiger partial charge in [-0.2, -0.15) is 0 Å². The van der Waals surface area contributed by atoms with E-state index in [9.17, 15) is 0 Å². The lowest BCUT2D eigenvalue weighted by atomic mass is 10.1. The molecule has 1 fully saturated rings. The molecule has 14 heavy (non-hydrogen) atoms. The van der Waals surface area contributed by atoms with Crippen LogP contribution in [0.25, 0.3) is 0 Å². The predicted molar refractivity (Wildman–Crippen MR) is 52.9 cm³/mol. The van der Waals surface area contributed by atoms with Crippen molar-refractivity contribution in [2.24, 2.45) is 0 Å². The Kier molecular flexibility index (Phi) is 2.59. The summed E-state index contributed by atoms with van der Waals surface area (Å²) >= 11 is 0. The molecule has 0 N–H and O–H groups in total. The molecule has 1 saturated heterocycles. The second kappa shape index (κ2) is 3.88. The van der Waals surface area contributed by atoms with Gasteiger partial charge in [0.1, 0.15) is 6.10 Å². The molecule has 1 heterocycles. The Morgan fingerprint density at radius 1 is 1.43 bits per heavy atom. The van der Waals surface area contributed by atoms with Crippen LogP contribution >= 0.6 is 0 Å². The molecule has 1 aliphatic heterocycles. The third kappa shape index (κ3) is 1.82. The topological polar surface area (TPSA) is 31.0 Å². The molecule has 1 aliphatic rings. The number of methoxy groups -OCH3 is 1. The first kappa shape index (κ1) is 9.34. The molecular formula is C11H14O3. The fourth-order valence-corrected chi connectivity index (χ4v) is 1.40. The Bertz CT molecular complexity index is 318. The summed E-state index contributed by atoms with van der Waals surface area (Å²) in [4.78, 5) is 0. The lowest BCUT2D eigenvalue weighted by molar-refractivity contribution is 0.310. The van der Waals surface area contributed by atoms with Crippen molar-refractivity contribution in [3.8, 4) is 11.5 Å². The fourth-order valence-electron chi connectivity index (χ4n) is 1.40. The minimum Gasteiger partial charge on any atom is -0.493 e. The number of benzene rings is 1. The van der Waals surface area contributed by atoms with Gasteiger partial charge in [0.2, 0.25) is 0 Å². The van der Waals surface area contributed by atoms with E-state index in [1.165, 1.54) is 0 Å². The molecule has 0 amide bonds. The summed E-state index contributed by atoms with van der Waals surface area (Å²) in [5.74, 6) is 1.57. The van der Waals surface area contributed by atoms with Gasteiger partial charge in [0.25, 0.3) is 0 Å². The maximum absolute atomic E-state index is 5.47. The van der Waals surface area contributed by atoms with E-state index in [1.54, 1.807) is 7.11 Å². The normalized spacial score (nSPS) is 19.1. The van der Waals surface area contributed by atoms with Crippen LogP contribution in [-0.2, 0) is 4.74 Å². The van der Waals surface area contributed by atoms with E-state index in [-0.39, 0.29) is 6.10 Å². The molecule has 0 bridgehead atoms. The van der Waals surface area contributed by atoms with Crippen molar-refractivity contribution in [3.63, 3.8) is 0 Å². The zero-order valence-corrected chi connectivity index (χ0v) is 8.45. The third-order valence-electron chi connectivity index (χ3n) is 2.19. The average molecular weight is 194 g/mol. The highest BCUT2D eigenvalue weighted by atomic mass is 16.6. The highest BCUT2D eigenvalue weighted by molar-refractivity contribution is 5.44. The van der Waals surface area contributed by atoms with E-state index < -0.39 is 0 Å². The van der Waals surface area contributed by atoms with Crippen LogP contribution in [0.1, 0.15) is 18.6 Å². The van der Waals surface area contributed by atoms with Gasteiger partial charge in [-0.05, 0) is 24.6 Å². The molecule has 2 rings (SSSR count). The first-order valence-electron chi connectivity index (χ1n) is 4.77. The van der Waals surface area contributed by atoms with Crippen molar-refractivity contribution in [2.45, 2.75) is 13.0 Å². The molecular weight excluding hydrogens is 180 g/mol. The average Bonchev–Trinajstić information content (AvgIpc) is 3.01. The van der Waals surface area contributed by atoms with Crippen LogP contribution in [0.5, 0.6) is 11.5 Å². The van der Waals surface area contributed by atoms with Crippen LogP contribution < -0.4 is 9.47 Å². The van der Waals surface area contributed by atoms with Gasteiger partial charge in [0.05, 0.1) is 20.3 Å². The van der Waals surface area contributed by atoms with E-state index in [0.29, 0.717) is 6.61 Å². The minimum absolute atomic E-state index is 0.264. The van der Waals surface area contributed by atoms with Gasteiger partial charge in [0, 0.05) is 0 Å². The lowest BCUT2D eigenvalue weighted by Crippen LogP contribution is -1.96. The SMILES string of the molecule is CCOc1cc([C@@H]2CO2)ccc1OC. The Morgan fingerprint density at radius 2 is 2.21 bits per heavy atom. The summed E-state index contributed by atoms with van der Waals surface area (Å²) in [6.45, 7) is 3.42. The molecule has 0 aliphatic carbocycles. The van der Waals surface area contributed by atoms with Crippen molar-refractivity contribution >= 4 is 0 Å². The quantitative estimate of drug-likeness (QED) is 0.688. The van der Waals surface area contributed by atoms with Crippen molar-refractivity contribution < 1.29 is 14.2 Å². The first-order chi connectivity index (χ1) is 6.85. The summed E-state index contributed by atoms with van der Waals surface area (Å²) in [5.41, 5.74) is 1.16. The Morgan fingerprint density at radius 3 is 2.79 bits per heavy atom. The number of rotatable bonds is 4. The van der Waals surface area contributed by atoms with Crippen LogP contribution in [0.15, 0.2) is 18.2 Å². The largest absolute Gasteiger partial charge is 0.493 e. The number of epoxide rings is 1. The second-order valence-electron chi connectivity index (χ2n) is 3.17. The molecule has 1 atom stereocenters. The number of hydrogen-bond donors (Lipinski definition) is 0. The van der Waals surface area contributed by atoms with Gasteiger partial charge in [-0.1, -0.05) is 6.07 Å². The first-order valence-corrected chi connectivity index (χ1v) is 4.77. The van der Waals surface area contributed by atoms with Gasteiger partial charge in [0.15, 0.2) is 11.5 Å². The maximum Gasteiger partial charge on any atom is 0.161 e. The molecule has 0 spiro atoms. The van der Waals surface area contributed by atoms with Gasteiger partial charge in [-0.3, -0.25) is 0 Å². The Hall–Kier alpha value is -1.22. The minimum atomic E-state index is 0.264. The maximum atomic E-state index is 5.47. The van der Waals surface area contributed by atoms with Gasteiger partial charge in [-0.15, -0.1) is 0 Å². The standard InChI is InChI=1S/C11H14O3/c1-3-13-10-6-8(11-7-14-11)4-5-9(10)12-2/h4-6,11H,3,7H2,1-2H3/t11-/m0/s1. The summed E-state index contributed by atoms with van der Waals surface area (Å²) in [7, 11) is 1.64. The second-order valence-corrected chi connectivity index (χ2v) is 3.17. The zero-order chi connectivity index (χ0) is 9.97. The van der Waals surface area contributed by atoms with Crippen LogP contribution in [0.2, 0.25) is 0 Å². The van der Waals surface area contributed by atoms with Gasteiger partial charge >= 0.3 is 0 Å². The Balaban J connectivity index is 2.26. The molecule has 76 valence electrons. The van der Waals surface area contributed by atoms with Crippen molar-refractivity contribution in [1.82, 2.24) is 0 Å². The monoisotopic (exact) mass is 194 g/mol. The smallest absolute Gasteiger partial charge is 0.161 e. The molecule has 0 aromatic heterocycles. The van der Waals surface area contributed by atoms with Crippen molar-refractivity contribution in [3.05, 3.63) is 23.8 Å². The van der Waals surface area contributed by atoms with Crippen molar-refractivity contribution in [2.75, 3.05) is 20.3 Å². The summed E-state index contributed by atoms with van der Waals surface area (Å²) in [6, 6.07) is 5.92. The molecule has 3 nitrogen and oxygen atoms in total. The van der Waals surface area contributed by atoms with E-state index in [1.807, 2.05) is 25.1 Å². The van der Waals surface area contributed by atoms with Crippen LogP contribution in [0.4, 0.5) is 0 Å². The van der Waals surface area contributed by atoms with E-state index >= 15 is 0 Å². The summed E-state index contributed by atoms with van der Waals surface area (Å²) in [5, 5.41) is 0. The van der Waals surface area contributed by atoms with Gasteiger partial charge < -0.3 is 14.2 Å². The predicted octanol–water partition coefficient (Wildman–Crippen LogP) is 2.17. The van der Waals surface area contributed by atoms with Gasteiger partial charge in [-0.25, -0.2) is 0 Å². The molecule has 0 unspecified atom stereocenters. The zero-order valence-electron chi connectivity index (χ0n) is 8.45. The van der Waals surface area contributed by atoms with Crippen molar-refractivity contribution in [1.29, 1.82) is 0 Å². The van der Waals surface area contributed by atoms with E-state index in [0.717, 1.165) is 23.7 Å².